The first-order valence-corrected chi connectivity index (χ1v) is 7.58. The average Bonchev–Trinajstić information content (AvgIpc) is 2.97. The van der Waals surface area contributed by atoms with Crippen molar-refractivity contribution in [2.45, 2.75) is 19.9 Å². The topological polar surface area (TPSA) is 69.0 Å². The maximum atomic E-state index is 12.3. The van der Waals surface area contributed by atoms with Crippen LogP contribution in [0.3, 0.4) is 0 Å². The summed E-state index contributed by atoms with van der Waals surface area (Å²) in [7, 11) is 0. The van der Waals surface area contributed by atoms with Crippen molar-refractivity contribution >= 4 is 22.6 Å². The van der Waals surface area contributed by atoms with Gasteiger partial charge in [-0.3, -0.25) is 4.79 Å². The Labute approximate surface area is 134 Å². The summed E-state index contributed by atoms with van der Waals surface area (Å²) in [5.41, 5.74) is 2.26. The first-order valence-electron chi connectivity index (χ1n) is 7.58. The maximum absolute atomic E-state index is 12.3. The molecule has 0 spiro atoms. The van der Waals surface area contributed by atoms with Crippen LogP contribution in [0.1, 0.15) is 13.3 Å². The van der Waals surface area contributed by atoms with Crippen LogP contribution in [0.15, 0.2) is 48.5 Å². The summed E-state index contributed by atoms with van der Waals surface area (Å²) in [4.78, 5) is 12.3. The minimum Gasteiger partial charge on any atom is -0.491 e. The zero-order chi connectivity index (χ0) is 16.1. The number of hydrogen-bond donors (Lipinski definition) is 1. The van der Waals surface area contributed by atoms with Crippen molar-refractivity contribution in [2.75, 3.05) is 11.9 Å². The summed E-state index contributed by atoms with van der Waals surface area (Å²) >= 11 is 0. The third-order valence-electron chi connectivity index (χ3n) is 3.34. The molecule has 1 N–H and O–H groups in total. The van der Waals surface area contributed by atoms with E-state index >= 15 is 0 Å². The van der Waals surface area contributed by atoms with Gasteiger partial charge in [0.2, 0.25) is 5.91 Å². The van der Waals surface area contributed by atoms with Gasteiger partial charge in [0, 0.05) is 0 Å². The van der Waals surface area contributed by atoms with E-state index in [1.54, 1.807) is 4.68 Å². The number of hydrogen-bond acceptors (Lipinski definition) is 4. The number of benzene rings is 2. The highest BCUT2D eigenvalue weighted by Gasteiger charge is 2.11. The number of carbonyl (C=O) groups is 1. The highest BCUT2D eigenvalue weighted by Crippen LogP contribution is 2.24. The Morgan fingerprint density at radius 2 is 1.96 bits per heavy atom. The van der Waals surface area contributed by atoms with Crippen LogP contribution < -0.4 is 10.1 Å². The lowest BCUT2D eigenvalue weighted by atomic mass is 10.3. The van der Waals surface area contributed by atoms with Crippen LogP contribution >= 0.6 is 0 Å². The van der Waals surface area contributed by atoms with E-state index in [4.69, 9.17) is 4.74 Å². The van der Waals surface area contributed by atoms with Gasteiger partial charge in [-0.25, -0.2) is 4.68 Å². The lowest BCUT2D eigenvalue weighted by Crippen LogP contribution is -2.20. The largest absolute Gasteiger partial charge is 0.491 e. The molecule has 0 fully saturated rings. The second-order valence-corrected chi connectivity index (χ2v) is 5.13. The molecular weight excluding hydrogens is 292 g/mol. The van der Waals surface area contributed by atoms with E-state index in [2.05, 4.69) is 15.6 Å². The number of nitrogens with one attached hydrogen (secondary N) is 1. The zero-order valence-corrected chi connectivity index (χ0v) is 12.9. The van der Waals surface area contributed by atoms with Crippen LogP contribution in [-0.4, -0.2) is 27.5 Å². The monoisotopic (exact) mass is 310 g/mol. The number of para-hydroxylation sites is 3. The van der Waals surface area contributed by atoms with E-state index in [1.165, 1.54) is 0 Å². The number of ether oxygens (including phenoxy) is 1. The molecule has 0 unspecified atom stereocenters. The summed E-state index contributed by atoms with van der Waals surface area (Å²) in [5.74, 6) is 0.499. The lowest BCUT2D eigenvalue weighted by Gasteiger charge is -2.12. The van der Waals surface area contributed by atoms with Gasteiger partial charge < -0.3 is 10.1 Å². The molecule has 0 saturated carbocycles. The number of nitrogens with zero attached hydrogens (tertiary/aromatic N) is 3. The van der Waals surface area contributed by atoms with Crippen LogP contribution in [0, 0.1) is 0 Å². The van der Waals surface area contributed by atoms with Gasteiger partial charge in [0.05, 0.1) is 17.8 Å². The van der Waals surface area contributed by atoms with Gasteiger partial charge in [0.1, 0.15) is 17.8 Å². The Hall–Kier alpha value is -2.89. The van der Waals surface area contributed by atoms with Crippen LogP contribution in [-0.2, 0) is 11.3 Å². The van der Waals surface area contributed by atoms with Crippen molar-refractivity contribution in [3.63, 3.8) is 0 Å². The van der Waals surface area contributed by atoms with Crippen molar-refractivity contribution in [2.24, 2.45) is 0 Å². The molecule has 0 bridgehead atoms. The molecular formula is C17H18N4O2. The minimum atomic E-state index is -0.173. The molecule has 0 saturated heterocycles. The van der Waals surface area contributed by atoms with Crippen LogP contribution in [0.25, 0.3) is 11.0 Å². The number of rotatable bonds is 6. The molecule has 118 valence electrons. The molecule has 1 amide bonds. The van der Waals surface area contributed by atoms with Crippen molar-refractivity contribution in [3.8, 4) is 5.75 Å². The quantitative estimate of drug-likeness (QED) is 0.760. The highest BCUT2D eigenvalue weighted by atomic mass is 16.5. The van der Waals surface area contributed by atoms with Crippen molar-refractivity contribution in [3.05, 3.63) is 48.5 Å². The normalized spacial score (nSPS) is 10.7. The van der Waals surface area contributed by atoms with E-state index in [9.17, 15) is 4.79 Å². The van der Waals surface area contributed by atoms with Gasteiger partial charge in [-0.05, 0) is 30.7 Å². The molecule has 0 aliphatic carbocycles. The molecule has 6 heteroatoms. The number of carbonyl (C=O) groups excluding carboxylic acids is 1. The fraction of sp³-hybridized carbons (Fsp3) is 0.235. The molecule has 1 aromatic heterocycles. The molecule has 0 aliphatic rings. The standard InChI is InChI=1S/C17H18N4O2/c1-2-11-23-16-10-6-4-8-14(16)18-17(22)12-21-15-9-5-3-7-13(15)19-20-21/h3-10H,2,11-12H2,1H3,(H,18,22). The number of amides is 1. The van der Waals surface area contributed by atoms with Crippen LogP contribution in [0.2, 0.25) is 0 Å². The fourth-order valence-corrected chi connectivity index (χ4v) is 2.27. The van der Waals surface area contributed by atoms with Crippen LogP contribution in [0.4, 0.5) is 5.69 Å². The first kappa shape index (κ1) is 15.0. The summed E-state index contributed by atoms with van der Waals surface area (Å²) in [5, 5.41) is 10.9. The maximum Gasteiger partial charge on any atom is 0.246 e. The Bertz CT molecular complexity index is 813. The highest BCUT2D eigenvalue weighted by molar-refractivity contribution is 5.92. The SMILES string of the molecule is CCCOc1ccccc1NC(=O)Cn1nnc2ccccc21. The molecule has 0 atom stereocenters. The molecule has 3 aromatic rings. The van der Waals surface area contributed by atoms with Crippen molar-refractivity contribution in [1.29, 1.82) is 0 Å². The summed E-state index contributed by atoms with van der Waals surface area (Å²) in [6.07, 6.45) is 0.910. The van der Waals surface area contributed by atoms with Crippen molar-refractivity contribution in [1.82, 2.24) is 15.0 Å². The van der Waals surface area contributed by atoms with E-state index in [1.807, 2.05) is 55.5 Å². The molecule has 23 heavy (non-hydrogen) atoms. The zero-order valence-electron chi connectivity index (χ0n) is 12.9. The molecule has 0 radical (unpaired) electrons. The van der Waals surface area contributed by atoms with E-state index < -0.39 is 0 Å². The predicted octanol–water partition coefficient (Wildman–Crippen LogP) is 2.86. The summed E-state index contributed by atoms with van der Waals surface area (Å²) in [6, 6.07) is 15.0. The Kier molecular flexibility index (Phi) is 4.52. The van der Waals surface area contributed by atoms with E-state index in [0.29, 0.717) is 18.0 Å². The van der Waals surface area contributed by atoms with E-state index in [0.717, 1.165) is 17.5 Å². The number of fused-ring (bicyclic) bond motifs is 1. The summed E-state index contributed by atoms with van der Waals surface area (Å²) in [6.45, 7) is 2.75. The predicted molar refractivity (Wildman–Crippen MR) is 88.4 cm³/mol. The Morgan fingerprint density at radius 3 is 2.83 bits per heavy atom. The van der Waals surface area contributed by atoms with Crippen molar-refractivity contribution < 1.29 is 9.53 Å². The van der Waals surface area contributed by atoms with Gasteiger partial charge in [-0.15, -0.1) is 5.10 Å². The third kappa shape index (κ3) is 3.48. The average molecular weight is 310 g/mol. The second kappa shape index (κ2) is 6.91. The van der Waals surface area contributed by atoms with Gasteiger partial charge in [-0.1, -0.05) is 36.4 Å². The second-order valence-electron chi connectivity index (χ2n) is 5.13. The first-order chi connectivity index (χ1) is 11.3. The number of anilines is 1. The molecule has 1 heterocycles. The molecule has 6 nitrogen and oxygen atoms in total. The fourth-order valence-electron chi connectivity index (χ4n) is 2.27. The van der Waals surface area contributed by atoms with Gasteiger partial charge in [-0.2, -0.15) is 0 Å². The number of aromatic nitrogens is 3. The summed E-state index contributed by atoms with van der Waals surface area (Å²) < 4.78 is 7.23. The third-order valence-corrected chi connectivity index (χ3v) is 3.34. The van der Waals surface area contributed by atoms with E-state index in [-0.39, 0.29) is 12.5 Å². The van der Waals surface area contributed by atoms with Crippen LogP contribution in [0.5, 0.6) is 5.75 Å². The molecule has 0 aliphatic heterocycles. The Morgan fingerprint density at radius 1 is 1.17 bits per heavy atom. The smallest absolute Gasteiger partial charge is 0.246 e. The minimum absolute atomic E-state index is 0.0998. The van der Waals surface area contributed by atoms with Gasteiger partial charge in [0.15, 0.2) is 0 Å². The molecule has 2 aromatic carbocycles. The van der Waals surface area contributed by atoms with Gasteiger partial charge in [0.25, 0.3) is 0 Å². The Balaban J connectivity index is 1.72. The lowest BCUT2D eigenvalue weighted by molar-refractivity contribution is -0.116. The van der Waals surface area contributed by atoms with Gasteiger partial charge >= 0.3 is 0 Å². The molecule has 3 rings (SSSR count).